The standard InChI is InChI=1S/C15H22BrNO2/c1-2-3-6-18-8-5-17-11-13-10-14(16)9-12-4-7-19-15(12)13/h9-10,17H,2-8,11H2,1H3. The van der Waals surface area contributed by atoms with Gasteiger partial charge in [-0.1, -0.05) is 29.3 Å². The minimum atomic E-state index is 0.775. The van der Waals surface area contributed by atoms with Crippen molar-refractivity contribution < 1.29 is 9.47 Å². The summed E-state index contributed by atoms with van der Waals surface area (Å²) in [6.07, 6.45) is 3.35. The van der Waals surface area contributed by atoms with E-state index in [-0.39, 0.29) is 0 Å². The lowest BCUT2D eigenvalue weighted by atomic mass is 10.1. The average Bonchev–Trinajstić information content (AvgIpc) is 2.85. The molecule has 19 heavy (non-hydrogen) atoms. The molecule has 0 bridgehead atoms. The quantitative estimate of drug-likeness (QED) is 0.743. The third kappa shape index (κ3) is 4.48. The topological polar surface area (TPSA) is 30.5 Å². The summed E-state index contributed by atoms with van der Waals surface area (Å²) in [5.74, 6) is 1.07. The zero-order valence-electron chi connectivity index (χ0n) is 11.5. The molecule has 1 aliphatic rings. The monoisotopic (exact) mass is 327 g/mol. The van der Waals surface area contributed by atoms with Gasteiger partial charge in [-0.05, 0) is 24.1 Å². The molecular formula is C15H22BrNO2. The van der Waals surface area contributed by atoms with Crippen LogP contribution >= 0.6 is 15.9 Å². The summed E-state index contributed by atoms with van der Waals surface area (Å²) in [4.78, 5) is 0. The number of hydrogen-bond acceptors (Lipinski definition) is 3. The number of hydrogen-bond donors (Lipinski definition) is 1. The van der Waals surface area contributed by atoms with Crippen molar-refractivity contribution >= 4 is 15.9 Å². The lowest BCUT2D eigenvalue weighted by Gasteiger charge is -2.10. The summed E-state index contributed by atoms with van der Waals surface area (Å²) in [5, 5.41) is 3.41. The molecule has 1 aromatic carbocycles. The number of unbranched alkanes of at least 4 members (excludes halogenated alkanes) is 1. The average molecular weight is 328 g/mol. The predicted octanol–water partition coefficient (Wildman–Crippen LogP) is 3.29. The van der Waals surface area contributed by atoms with E-state index in [2.05, 4.69) is 40.3 Å². The van der Waals surface area contributed by atoms with Gasteiger partial charge in [0.2, 0.25) is 0 Å². The molecule has 1 aliphatic heterocycles. The summed E-state index contributed by atoms with van der Waals surface area (Å²) in [6, 6.07) is 4.29. The molecule has 106 valence electrons. The van der Waals surface area contributed by atoms with Crippen molar-refractivity contribution in [1.29, 1.82) is 0 Å². The van der Waals surface area contributed by atoms with Crippen LogP contribution in [0.2, 0.25) is 0 Å². The maximum absolute atomic E-state index is 5.70. The van der Waals surface area contributed by atoms with Crippen LogP contribution in [0.4, 0.5) is 0 Å². The molecule has 3 nitrogen and oxygen atoms in total. The van der Waals surface area contributed by atoms with Crippen molar-refractivity contribution in [2.75, 3.05) is 26.4 Å². The van der Waals surface area contributed by atoms with E-state index in [1.807, 2.05) is 0 Å². The second kappa shape index (κ2) is 7.88. The molecule has 0 aromatic heterocycles. The highest BCUT2D eigenvalue weighted by molar-refractivity contribution is 9.10. The lowest BCUT2D eigenvalue weighted by molar-refractivity contribution is 0.133. The maximum Gasteiger partial charge on any atom is 0.127 e. The van der Waals surface area contributed by atoms with Crippen molar-refractivity contribution in [3.05, 3.63) is 27.7 Å². The van der Waals surface area contributed by atoms with Gasteiger partial charge in [0.05, 0.1) is 13.2 Å². The van der Waals surface area contributed by atoms with Gasteiger partial charge in [-0.15, -0.1) is 0 Å². The Morgan fingerprint density at radius 1 is 1.37 bits per heavy atom. The number of rotatable bonds is 8. The molecule has 0 atom stereocenters. The third-order valence-electron chi connectivity index (χ3n) is 3.21. The van der Waals surface area contributed by atoms with Gasteiger partial charge in [-0.25, -0.2) is 0 Å². The highest BCUT2D eigenvalue weighted by atomic mass is 79.9. The number of ether oxygens (including phenoxy) is 2. The Kier molecular flexibility index (Phi) is 6.14. The first-order valence-electron chi connectivity index (χ1n) is 7.04. The second-order valence-electron chi connectivity index (χ2n) is 4.79. The maximum atomic E-state index is 5.70. The van der Waals surface area contributed by atoms with Gasteiger partial charge in [0.1, 0.15) is 5.75 Å². The van der Waals surface area contributed by atoms with Crippen LogP contribution < -0.4 is 10.1 Å². The Hall–Kier alpha value is -0.580. The fraction of sp³-hybridized carbons (Fsp3) is 0.600. The summed E-state index contributed by atoms with van der Waals surface area (Å²) >= 11 is 3.56. The summed E-state index contributed by atoms with van der Waals surface area (Å²) in [5.41, 5.74) is 2.54. The Bertz CT molecular complexity index is 409. The fourth-order valence-electron chi connectivity index (χ4n) is 2.19. The summed E-state index contributed by atoms with van der Waals surface area (Å²) in [7, 11) is 0. The second-order valence-corrected chi connectivity index (χ2v) is 5.71. The number of halogens is 1. The summed E-state index contributed by atoms with van der Waals surface area (Å²) in [6.45, 7) is 6.34. The smallest absolute Gasteiger partial charge is 0.127 e. The van der Waals surface area contributed by atoms with Crippen LogP contribution in [0, 0.1) is 0 Å². The Morgan fingerprint density at radius 3 is 3.11 bits per heavy atom. The first-order valence-corrected chi connectivity index (χ1v) is 7.83. The van der Waals surface area contributed by atoms with E-state index in [4.69, 9.17) is 9.47 Å². The van der Waals surface area contributed by atoms with Crippen LogP contribution in [0.5, 0.6) is 5.75 Å². The van der Waals surface area contributed by atoms with Crippen LogP contribution in [0.25, 0.3) is 0 Å². The van der Waals surface area contributed by atoms with Gasteiger partial charge in [-0.2, -0.15) is 0 Å². The SMILES string of the molecule is CCCCOCCNCc1cc(Br)cc2c1OCC2. The van der Waals surface area contributed by atoms with E-state index >= 15 is 0 Å². The zero-order chi connectivity index (χ0) is 13.5. The van der Waals surface area contributed by atoms with Crippen molar-refractivity contribution in [1.82, 2.24) is 5.32 Å². The van der Waals surface area contributed by atoms with Gasteiger partial charge in [0.25, 0.3) is 0 Å². The van der Waals surface area contributed by atoms with Crippen LogP contribution in [-0.4, -0.2) is 26.4 Å². The molecule has 0 saturated heterocycles. The summed E-state index contributed by atoms with van der Waals surface area (Å²) < 4.78 is 12.4. The molecule has 0 fully saturated rings. The molecule has 0 saturated carbocycles. The molecule has 0 spiro atoms. The zero-order valence-corrected chi connectivity index (χ0v) is 13.1. The largest absolute Gasteiger partial charge is 0.493 e. The predicted molar refractivity (Wildman–Crippen MR) is 80.8 cm³/mol. The minimum absolute atomic E-state index is 0.775. The Balaban J connectivity index is 1.74. The molecule has 0 aliphatic carbocycles. The van der Waals surface area contributed by atoms with Crippen LogP contribution in [0.3, 0.4) is 0 Å². The molecular weight excluding hydrogens is 306 g/mol. The van der Waals surface area contributed by atoms with E-state index in [1.165, 1.54) is 17.5 Å². The van der Waals surface area contributed by atoms with Gasteiger partial charge < -0.3 is 14.8 Å². The van der Waals surface area contributed by atoms with Crippen LogP contribution in [0.15, 0.2) is 16.6 Å². The third-order valence-corrected chi connectivity index (χ3v) is 3.66. The first-order chi connectivity index (χ1) is 9.31. The van der Waals surface area contributed by atoms with Crippen LogP contribution in [-0.2, 0) is 17.7 Å². The molecule has 1 heterocycles. The highest BCUT2D eigenvalue weighted by Gasteiger charge is 2.16. The van der Waals surface area contributed by atoms with E-state index in [0.29, 0.717) is 0 Å². The fourth-order valence-corrected chi connectivity index (χ4v) is 2.75. The van der Waals surface area contributed by atoms with Crippen molar-refractivity contribution in [2.45, 2.75) is 32.7 Å². The van der Waals surface area contributed by atoms with Crippen molar-refractivity contribution in [3.63, 3.8) is 0 Å². The van der Waals surface area contributed by atoms with E-state index in [1.54, 1.807) is 0 Å². The van der Waals surface area contributed by atoms with Gasteiger partial charge >= 0.3 is 0 Å². The molecule has 1 N–H and O–H groups in total. The van der Waals surface area contributed by atoms with Crippen molar-refractivity contribution in [3.8, 4) is 5.75 Å². The van der Waals surface area contributed by atoms with Gasteiger partial charge in [0, 0.05) is 36.2 Å². The molecule has 1 aromatic rings. The van der Waals surface area contributed by atoms with Gasteiger partial charge in [0.15, 0.2) is 0 Å². The number of benzene rings is 1. The normalized spacial score (nSPS) is 13.4. The Labute approximate surface area is 123 Å². The molecule has 0 radical (unpaired) electrons. The van der Waals surface area contributed by atoms with Crippen LogP contribution in [0.1, 0.15) is 30.9 Å². The molecule has 4 heteroatoms. The first kappa shape index (κ1) is 14.8. The Morgan fingerprint density at radius 2 is 2.26 bits per heavy atom. The number of fused-ring (bicyclic) bond motifs is 1. The van der Waals surface area contributed by atoms with E-state index in [0.717, 1.165) is 56.0 Å². The highest BCUT2D eigenvalue weighted by Crippen LogP contribution is 2.32. The molecule has 0 unspecified atom stereocenters. The van der Waals surface area contributed by atoms with Gasteiger partial charge in [-0.3, -0.25) is 0 Å². The minimum Gasteiger partial charge on any atom is -0.493 e. The van der Waals surface area contributed by atoms with E-state index in [9.17, 15) is 0 Å². The lowest BCUT2D eigenvalue weighted by Crippen LogP contribution is -2.19. The van der Waals surface area contributed by atoms with E-state index < -0.39 is 0 Å². The molecule has 0 amide bonds. The molecule has 2 rings (SSSR count). The van der Waals surface area contributed by atoms with Crippen molar-refractivity contribution in [2.24, 2.45) is 0 Å². The number of nitrogens with one attached hydrogen (secondary N) is 1.